The summed E-state index contributed by atoms with van der Waals surface area (Å²) in [6, 6.07) is 18.7. The fourth-order valence-electron chi connectivity index (χ4n) is 5.80. The Morgan fingerprint density at radius 2 is 1.19 bits per heavy atom. The second kappa shape index (κ2) is 22.0. The van der Waals surface area contributed by atoms with Gasteiger partial charge in [-0.05, 0) is 42.8 Å². The molecule has 53 heavy (non-hydrogen) atoms. The lowest BCUT2D eigenvalue weighted by Crippen LogP contribution is -2.47. The highest BCUT2D eigenvalue weighted by Gasteiger charge is 2.35. The van der Waals surface area contributed by atoms with Crippen molar-refractivity contribution >= 4 is 21.6 Å². The summed E-state index contributed by atoms with van der Waals surface area (Å²) in [4.78, 5) is 23.3. The van der Waals surface area contributed by atoms with Gasteiger partial charge in [0.1, 0.15) is 38.6 Å². The number of nitro groups is 1. The molecule has 1 amide bonds. The Balaban J connectivity index is 1.54. The topological polar surface area (TPSA) is 162 Å². The largest absolute Gasteiger partial charge is 0.487 e. The molecule has 3 aromatic carbocycles. The van der Waals surface area contributed by atoms with Crippen molar-refractivity contribution in [1.29, 1.82) is 0 Å². The van der Waals surface area contributed by atoms with E-state index in [0.717, 1.165) is 49.9 Å². The van der Waals surface area contributed by atoms with Crippen LogP contribution < -0.4 is 23.7 Å². The van der Waals surface area contributed by atoms with Crippen LogP contribution in [0.2, 0.25) is 0 Å². The minimum atomic E-state index is -4.35. The molecule has 1 aliphatic rings. The van der Waals surface area contributed by atoms with E-state index in [9.17, 15) is 23.3 Å². The highest BCUT2D eigenvalue weighted by atomic mass is 32.2. The molecule has 0 bridgehead atoms. The van der Waals surface area contributed by atoms with E-state index >= 15 is 0 Å². The quantitative estimate of drug-likeness (QED) is 0.0829. The highest BCUT2D eigenvalue weighted by Crippen LogP contribution is 2.32. The number of unbranched alkanes of at least 4 members (excludes halogenated alkanes) is 9. The molecule has 0 saturated carbocycles. The zero-order valence-corrected chi connectivity index (χ0v) is 31.3. The first kappa shape index (κ1) is 41.4. The van der Waals surface area contributed by atoms with Gasteiger partial charge in [0.2, 0.25) is 0 Å². The number of non-ortho nitro benzene ring substituents is 1. The van der Waals surface area contributed by atoms with Gasteiger partial charge in [-0.15, -0.1) is 0 Å². The van der Waals surface area contributed by atoms with Gasteiger partial charge in [0, 0.05) is 12.1 Å². The summed E-state index contributed by atoms with van der Waals surface area (Å²) in [5.74, 6) is 1.01. The van der Waals surface area contributed by atoms with Gasteiger partial charge in [0.25, 0.3) is 21.6 Å². The molecule has 0 aliphatic carbocycles. The molecule has 0 unspecified atom stereocenters. The molecule has 290 valence electrons. The summed E-state index contributed by atoms with van der Waals surface area (Å²) in [7, 11) is -4.35. The first-order valence-corrected chi connectivity index (χ1v) is 19.9. The Hall–Kier alpha value is -4.40. The third-order valence-corrected chi connectivity index (χ3v) is 10.1. The number of amides is 1. The number of rotatable bonds is 17. The zero-order chi connectivity index (χ0) is 37.8. The van der Waals surface area contributed by atoms with Gasteiger partial charge >= 0.3 is 0 Å². The Bertz CT molecular complexity index is 1610. The van der Waals surface area contributed by atoms with Crippen LogP contribution in [0.5, 0.6) is 23.0 Å². The second-order valence-electron chi connectivity index (χ2n) is 13.0. The molecule has 3 aromatic rings. The van der Waals surface area contributed by atoms with Gasteiger partial charge in [-0.3, -0.25) is 14.9 Å². The number of ether oxygens (including phenoxy) is 6. The summed E-state index contributed by atoms with van der Waals surface area (Å²) < 4.78 is 64.8. The monoisotopic (exact) mass is 756 g/mol. The van der Waals surface area contributed by atoms with Crippen LogP contribution in [0.15, 0.2) is 77.7 Å². The number of hydrogen-bond acceptors (Lipinski definition) is 11. The fourth-order valence-corrected chi connectivity index (χ4v) is 6.77. The lowest BCUT2D eigenvalue weighted by Gasteiger charge is -2.34. The van der Waals surface area contributed by atoms with E-state index in [1.54, 1.807) is 24.3 Å². The molecule has 0 radical (unpaired) electrons. The summed E-state index contributed by atoms with van der Waals surface area (Å²) >= 11 is 0. The minimum Gasteiger partial charge on any atom is -0.487 e. The van der Waals surface area contributed by atoms with Gasteiger partial charge in [0.05, 0.1) is 23.0 Å². The molecule has 13 nitrogen and oxygen atoms in total. The standard InChI is InChI=1S/C39H52N2O11S/c1-2-3-4-5-6-7-8-9-10-15-24-39(52-29-38(42)40-53(45,46)33-22-20-32(21-23-33)41(43)44)30-50-36-18-13-11-16-34(36)48-27-25-47-26-28-49-35-17-12-14-19-37(35)51-31-39/h11-14,16-23H,2-10,15,24-31H2,1H3,(H,40,42). The van der Waals surface area contributed by atoms with Crippen molar-refractivity contribution in [2.45, 2.75) is 88.0 Å². The van der Waals surface area contributed by atoms with Crippen molar-refractivity contribution in [1.82, 2.24) is 4.72 Å². The van der Waals surface area contributed by atoms with Crippen molar-refractivity contribution in [2.24, 2.45) is 0 Å². The van der Waals surface area contributed by atoms with Crippen LogP contribution in [0.4, 0.5) is 5.69 Å². The molecule has 0 fully saturated rings. The second-order valence-corrected chi connectivity index (χ2v) is 14.6. The number of benzene rings is 3. The lowest BCUT2D eigenvalue weighted by molar-refractivity contribution is -0.384. The summed E-state index contributed by atoms with van der Waals surface area (Å²) in [6.07, 6.45) is 11.7. The van der Waals surface area contributed by atoms with Crippen LogP contribution in [0, 0.1) is 10.1 Å². The third-order valence-electron chi connectivity index (χ3n) is 8.75. The molecule has 0 spiro atoms. The number of para-hydroxylation sites is 4. The third kappa shape index (κ3) is 14.2. The number of hydrogen-bond donors (Lipinski definition) is 1. The lowest BCUT2D eigenvalue weighted by atomic mass is 9.96. The molecule has 1 heterocycles. The first-order valence-electron chi connectivity index (χ1n) is 18.4. The van der Waals surface area contributed by atoms with E-state index in [0.29, 0.717) is 42.6 Å². The van der Waals surface area contributed by atoms with Gasteiger partial charge in [0.15, 0.2) is 23.0 Å². The normalized spacial score (nSPS) is 15.0. The van der Waals surface area contributed by atoms with Crippen molar-refractivity contribution in [3.8, 4) is 23.0 Å². The molecule has 0 saturated heterocycles. The van der Waals surface area contributed by atoms with E-state index in [1.165, 1.54) is 38.5 Å². The Morgan fingerprint density at radius 1 is 0.717 bits per heavy atom. The predicted molar refractivity (Wildman–Crippen MR) is 199 cm³/mol. The van der Waals surface area contributed by atoms with Crippen LogP contribution >= 0.6 is 0 Å². The highest BCUT2D eigenvalue weighted by molar-refractivity contribution is 7.90. The molecule has 14 heteroatoms. The first-order chi connectivity index (χ1) is 25.7. The summed E-state index contributed by atoms with van der Waals surface area (Å²) in [5, 5.41) is 11.0. The van der Waals surface area contributed by atoms with Gasteiger partial charge in [-0.25, -0.2) is 13.1 Å². The molecule has 0 atom stereocenters. The predicted octanol–water partition coefficient (Wildman–Crippen LogP) is 7.41. The molecular formula is C39H52N2O11S. The van der Waals surface area contributed by atoms with Crippen LogP contribution in [0.25, 0.3) is 0 Å². The summed E-state index contributed by atoms with van der Waals surface area (Å²) in [5.41, 5.74) is -1.49. The number of nitro benzene ring substituents is 1. The van der Waals surface area contributed by atoms with E-state index in [4.69, 9.17) is 28.4 Å². The SMILES string of the molecule is CCCCCCCCCCCCC1(OCC(=O)NS(=O)(=O)c2ccc([N+](=O)[O-])cc2)COc2ccccc2OCCOCCOc2ccccc2OC1. The number of nitrogens with zero attached hydrogens (tertiary/aromatic N) is 1. The Morgan fingerprint density at radius 3 is 1.68 bits per heavy atom. The Kier molecular flexibility index (Phi) is 17.1. The number of nitrogens with one attached hydrogen (secondary N) is 1. The molecule has 1 aliphatic heterocycles. The average Bonchev–Trinajstić information content (AvgIpc) is 3.16. The van der Waals surface area contributed by atoms with Crippen LogP contribution in [0.1, 0.15) is 77.6 Å². The van der Waals surface area contributed by atoms with Crippen LogP contribution in [0.3, 0.4) is 0 Å². The smallest absolute Gasteiger partial charge is 0.269 e. The zero-order valence-electron chi connectivity index (χ0n) is 30.5. The van der Waals surface area contributed by atoms with Gasteiger partial charge < -0.3 is 28.4 Å². The van der Waals surface area contributed by atoms with Crippen molar-refractivity contribution in [3.63, 3.8) is 0 Å². The summed E-state index contributed by atoms with van der Waals surface area (Å²) in [6.45, 7) is 2.71. The molecule has 1 N–H and O–H groups in total. The van der Waals surface area contributed by atoms with E-state index in [-0.39, 0.29) is 37.0 Å². The molecule has 0 aromatic heterocycles. The number of fused-ring (bicyclic) bond motifs is 2. The van der Waals surface area contributed by atoms with Gasteiger partial charge in [-0.2, -0.15) is 0 Å². The average molecular weight is 757 g/mol. The number of carbonyl (C=O) groups excluding carboxylic acids is 1. The van der Waals surface area contributed by atoms with Crippen molar-refractivity contribution in [3.05, 3.63) is 82.9 Å². The fraction of sp³-hybridized carbons (Fsp3) is 0.513. The van der Waals surface area contributed by atoms with Crippen LogP contribution in [-0.4, -0.2) is 71.1 Å². The number of sulfonamides is 1. The van der Waals surface area contributed by atoms with Crippen molar-refractivity contribution < 1.29 is 46.6 Å². The molecular weight excluding hydrogens is 704 g/mol. The van der Waals surface area contributed by atoms with Crippen molar-refractivity contribution in [2.75, 3.05) is 46.2 Å². The maximum Gasteiger partial charge on any atom is 0.269 e. The van der Waals surface area contributed by atoms with E-state index in [2.05, 4.69) is 6.92 Å². The molecule has 4 rings (SSSR count). The number of carbonyl (C=O) groups is 1. The van der Waals surface area contributed by atoms with E-state index < -0.39 is 33.1 Å². The van der Waals surface area contributed by atoms with E-state index in [1.807, 2.05) is 29.0 Å². The minimum absolute atomic E-state index is 0.0489. The van der Waals surface area contributed by atoms with Crippen LogP contribution in [-0.2, 0) is 24.3 Å². The Labute approximate surface area is 312 Å². The maximum absolute atomic E-state index is 13.2. The maximum atomic E-state index is 13.2. The van der Waals surface area contributed by atoms with Gasteiger partial charge in [-0.1, -0.05) is 95.4 Å².